The first-order chi connectivity index (χ1) is 17.1. The summed E-state index contributed by atoms with van der Waals surface area (Å²) in [4.78, 5) is 21.1. The highest BCUT2D eigenvalue weighted by Crippen LogP contribution is 2.33. The van der Waals surface area contributed by atoms with Gasteiger partial charge in [-0.1, -0.05) is 44.5 Å². The number of ether oxygens (including phenoxy) is 1. The zero-order valence-electron chi connectivity index (χ0n) is 23.1. The van der Waals surface area contributed by atoms with Crippen molar-refractivity contribution in [3.8, 4) is 11.3 Å². The van der Waals surface area contributed by atoms with Crippen LogP contribution >= 0.6 is 11.6 Å². The first kappa shape index (κ1) is 28.7. The lowest BCUT2D eigenvalue weighted by Gasteiger charge is -2.45. The number of nitrogens with zero attached hydrogens (tertiary/aromatic N) is 3. The molecule has 1 fully saturated rings. The molecule has 1 amide bonds. The number of hydrogen-bond donors (Lipinski definition) is 2. The maximum atomic E-state index is 14.6. The van der Waals surface area contributed by atoms with Crippen LogP contribution in [0.3, 0.4) is 0 Å². The Hall–Kier alpha value is -2.87. The van der Waals surface area contributed by atoms with Crippen LogP contribution in [0.15, 0.2) is 30.3 Å². The first-order valence-corrected chi connectivity index (χ1v) is 13.0. The van der Waals surface area contributed by atoms with Crippen LogP contribution in [0.2, 0.25) is 5.02 Å². The SMILES string of the molecule is C[C@@H]1CN(C(=N)c2cc(Cl)c(-c3ccccc3F)nc2NCC(C)(C)C)[C@@H](C)CN1C(=O)OC(C)(C)C. The third-order valence-electron chi connectivity index (χ3n) is 6.05. The number of nitrogens with one attached hydrogen (secondary N) is 2. The van der Waals surface area contributed by atoms with E-state index in [0.717, 1.165) is 0 Å². The maximum absolute atomic E-state index is 14.6. The number of amides is 1. The average Bonchev–Trinajstić information content (AvgIpc) is 2.77. The number of aromatic nitrogens is 1. The Kier molecular flexibility index (Phi) is 8.42. The van der Waals surface area contributed by atoms with E-state index >= 15 is 0 Å². The lowest BCUT2D eigenvalue weighted by molar-refractivity contribution is 0.000409. The van der Waals surface area contributed by atoms with E-state index in [1.807, 2.05) is 39.5 Å². The molecule has 7 nitrogen and oxygen atoms in total. The van der Waals surface area contributed by atoms with E-state index in [1.54, 1.807) is 29.2 Å². The van der Waals surface area contributed by atoms with Gasteiger partial charge in [-0.25, -0.2) is 14.2 Å². The van der Waals surface area contributed by atoms with Crippen molar-refractivity contribution in [3.05, 3.63) is 46.7 Å². The molecule has 0 saturated carbocycles. The van der Waals surface area contributed by atoms with E-state index in [2.05, 4.69) is 26.1 Å². The van der Waals surface area contributed by atoms with Crippen LogP contribution in [0, 0.1) is 16.6 Å². The third-order valence-corrected chi connectivity index (χ3v) is 6.34. The van der Waals surface area contributed by atoms with Crippen LogP contribution < -0.4 is 5.32 Å². The fourth-order valence-corrected chi connectivity index (χ4v) is 4.42. The minimum atomic E-state index is -0.583. The zero-order chi connectivity index (χ0) is 27.7. The average molecular weight is 532 g/mol. The molecule has 0 radical (unpaired) electrons. The first-order valence-electron chi connectivity index (χ1n) is 12.6. The third kappa shape index (κ3) is 7.12. The number of halogens is 2. The molecule has 0 spiro atoms. The van der Waals surface area contributed by atoms with Crippen molar-refractivity contribution in [1.29, 1.82) is 5.41 Å². The van der Waals surface area contributed by atoms with Gasteiger partial charge in [0, 0.05) is 37.3 Å². The molecule has 0 unspecified atom stereocenters. The van der Waals surface area contributed by atoms with Crippen molar-refractivity contribution in [3.63, 3.8) is 0 Å². The van der Waals surface area contributed by atoms with E-state index < -0.39 is 11.4 Å². The number of piperazine rings is 1. The summed E-state index contributed by atoms with van der Waals surface area (Å²) >= 11 is 6.63. The Morgan fingerprint density at radius 3 is 2.32 bits per heavy atom. The Morgan fingerprint density at radius 1 is 1.14 bits per heavy atom. The number of amidine groups is 1. The van der Waals surface area contributed by atoms with Gasteiger partial charge in [0.2, 0.25) is 0 Å². The molecule has 1 aliphatic rings. The van der Waals surface area contributed by atoms with Gasteiger partial charge in [-0.2, -0.15) is 0 Å². The van der Waals surface area contributed by atoms with Gasteiger partial charge in [-0.05, 0) is 58.2 Å². The standard InChI is InChI=1S/C28H39ClFN5O2/c1-17-15-35(26(36)37-28(6,7)8)18(2)14-34(17)24(31)20-13-21(29)23(19-11-9-10-12-22(19)30)33-25(20)32-16-27(3,4)5/h9-13,17-18,31H,14-16H2,1-8H3,(H,32,33)/t17-,18+/m0/s1. The predicted molar refractivity (Wildman–Crippen MR) is 148 cm³/mol. The highest BCUT2D eigenvalue weighted by Gasteiger charge is 2.36. The van der Waals surface area contributed by atoms with Crippen molar-refractivity contribution in [2.75, 3.05) is 25.0 Å². The molecule has 1 aromatic heterocycles. The monoisotopic (exact) mass is 531 g/mol. The Balaban J connectivity index is 1.95. The summed E-state index contributed by atoms with van der Waals surface area (Å²) in [5.41, 5.74) is 0.514. The lowest BCUT2D eigenvalue weighted by Crippen LogP contribution is -2.60. The quantitative estimate of drug-likeness (QED) is 0.341. The van der Waals surface area contributed by atoms with Gasteiger partial charge >= 0.3 is 6.09 Å². The smallest absolute Gasteiger partial charge is 0.410 e. The van der Waals surface area contributed by atoms with Gasteiger partial charge in [-0.3, -0.25) is 5.41 Å². The van der Waals surface area contributed by atoms with E-state index in [9.17, 15) is 9.18 Å². The summed E-state index contributed by atoms with van der Waals surface area (Å²) in [6.07, 6.45) is -0.357. The lowest BCUT2D eigenvalue weighted by atomic mass is 9.97. The van der Waals surface area contributed by atoms with E-state index in [0.29, 0.717) is 42.3 Å². The molecule has 2 heterocycles. The zero-order valence-corrected chi connectivity index (χ0v) is 23.8. The second-order valence-electron chi connectivity index (χ2n) is 11.9. The number of carbonyl (C=O) groups is 1. The summed E-state index contributed by atoms with van der Waals surface area (Å²) in [5, 5.41) is 12.8. The molecule has 3 rings (SSSR count). The van der Waals surface area contributed by atoms with E-state index in [1.165, 1.54) is 6.07 Å². The van der Waals surface area contributed by atoms with Crippen LogP contribution in [-0.4, -0.2) is 64.0 Å². The van der Waals surface area contributed by atoms with E-state index in [4.69, 9.17) is 26.7 Å². The van der Waals surface area contributed by atoms with Crippen LogP contribution in [0.1, 0.15) is 61.0 Å². The number of pyridine rings is 1. The molecule has 1 aliphatic heterocycles. The Labute approximate surface area is 224 Å². The molecule has 1 aromatic carbocycles. The molecule has 9 heteroatoms. The van der Waals surface area contributed by atoms with Crippen molar-refractivity contribution in [2.24, 2.45) is 5.41 Å². The normalized spacial score (nSPS) is 18.5. The van der Waals surface area contributed by atoms with Gasteiger partial charge in [-0.15, -0.1) is 0 Å². The van der Waals surface area contributed by atoms with E-state index in [-0.39, 0.29) is 34.5 Å². The molecule has 202 valence electrons. The van der Waals surface area contributed by atoms with Crippen LogP contribution in [-0.2, 0) is 4.74 Å². The summed E-state index contributed by atoms with van der Waals surface area (Å²) in [7, 11) is 0. The highest BCUT2D eigenvalue weighted by atomic mass is 35.5. The largest absolute Gasteiger partial charge is 0.444 e. The summed E-state index contributed by atoms with van der Waals surface area (Å²) in [6, 6.07) is 7.74. The van der Waals surface area contributed by atoms with Gasteiger partial charge in [0.05, 0.1) is 16.3 Å². The number of carbonyl (C=O) groups excluding carboxylic acids is 1. The molecule has 0 bridgehead atoms. The molecular weight excluding hydrogens is 493 g/mol. The molecule has 1 saturated heterocycles. The minimum Gasteiger partial charge on any atom is -0.444 e. The highest BCUT2D eigenvalue weighted by molar-refractivity contribution is 6.33. The molecule has 2 atom stereocenters. The van der Waals surface area contributed by atoms with Gasteiger partial charge < -0.3 is 19.9 Å². The molecule has 2 N–H and O–H groups in total. The maximum Gasteiger partial charge on any atom is 0.410 e. The second kappa shape index (κ2) is 10.9. The van der Waals surface area contributed by atoms with Crippen molar-refractivity contribution in [1.82, 2.24) is 14.8 Å². The van der Waals surface area contributed by atoms with Crippen LogP contribution in [0.25, 0.3) is 11.3 Å². The minimum absolute atomic E-state index is 0.0558. The molecule has 37 heavy (non-hydrogen) atoms. The fraction of sp³-hybridized carbons (Fsp3) is 0.536. The van der Waals surface area contributed by atoms with Crippen LogP contribution in [0.5, 0.6) is 0 Å². The number of hydrogen-bond acceptors (Lipinski definition) is 5. The van der Waals surface area contributed by atoms with Gasteiger partial charge in [0.25, 0.3) is 0 Å². The summed E-state index contributed by atoms with van der Waals surface area (Å²) in [5.74, 6) is 0.299. The Bertz CT molecular complexity index is 1160. The number of benzene rings is 1. The topological polar surface area (TPSA) is 81.6 Å². The number of rotatable bonds is 4. The molecule has 2 aromatic rings. The fourth-order valence-electron chi connectivity index (χ4n) is 4.16. The van der Waals surface area contributed by atoms with Gasteiger partial charge in [0.15, 0.2) is 0 Å². The molecular formula is C28H39ClFN5O2. The van der Waals surface area contributed by atoms with Crippen molar-refractivity contribution < 1.29 is 13.9 Å². The number of anilines is 1. The summed E-state index contributed by atoms with van der Waals surface area (Å²) < 4.78 is 20.2. The summed E-state index contributed by atoms with van der Waals surface area (Å²) in [6.45, 7) is 17.2. The second-order valence-corrected chi connectivity index (χ2v) is 12.3. The Morgan fingerprint density at radius 2 is 1.73 bits per heavy atom. The van der Waals surface area contributed by atoms with Gasteiger partial charge in [0.1, 0.15) is 23.1 Å². The predicted octanol–water partition coefficient (Wildman–Crippen LogP) is 6.65. The van der Waals surface area contributed by atoms with Crippen LogP contribution in [0.4, 0.5) is 15.0 Å². The van der Waals surface area contributed by atoms with Crippen molar-refractivity contribution in [2.45, 2.75) is 73.1 Å². The molecule has 0 aliphatic carbocycles. The van der Waals surface area contributed by atoms with Crippen molar-refractivity contribution >= 4 is 29.3 Å².